The molecule has 1 saturated heterocycles. The van der Waals surface area contributed by atoms with Crippen LogP contribution in [0.2, 0.25) is 0 Å². The standard InChI is InChI=1S/C14H26N6/c1-4-20-6-5-11(8-20)7-16-13-12(10(2)3)14(19-15)18-9-17-13/h9-11H,4-8,15H2,1-3H3,(H2,16,17,18,19). The van der Waals surface area contributed by atoms with E-state index in [0.29, 0.717) is 17.7 Å². The quantitative estimate of drug-likeness (QED) is 0.542. The molecule has 0 aliphatic carbocycles. The van der Waals surface area contributed by atoms with E-state index >= 15 is 0 Å². The van der Waals surface area contributed by atoms with Gasteiger partial charge >= 0.3 is 0 Å². The highest BCUT2D eigenvalue weighted by Gasteiger charge is 2.22. The van der Waals surface area contributed by atoms with Gasteiger partial charge in [-0.2, -0.15) is 0 Å². The van der Waals surface area contributed by atoms with Crippen LogP contribution in [-0.4, -0.2) is 41.0 Å². The molecule has 20 heavy (non-hydrogen) atoms. The smallest absolute Gasteiger partial charge is 0.148 e. The second kappa shape index (κ2) is 6.85. The van der Waals surface area contributed by atoms with Gasteiger partial charge in [-0.3, -0.25) is 0 Å². The van der Waals surface area contributed by atoms with Crippen LogP contribution in [0.1, 0.15) is 38.7 Å². The lowest BCUT2D eigenvalue weighted by Crippen LogP contribution is -2.23. The lowest BCUT2D eigenvalue weighted by Gasteiger charge is -2.18. The fourth-order valence-electron chi connectivity index (χ4n) is 2.81. The Morgan fingerprint density at radius 2 is 2.15 bits per heavy atom. The highest BCUT2D eigenvalue weighted by Crippen LogP contribution is 2.28. The molecule has 1 aromatic heterocycles. The van der Waals surface area contributed by atoms with Gasteiger partial charge in [-0.15, -0.1) is 0 Å². The minimum Gasteiger partial charge on any atom is -0.369 e. The second-order valence-corrected chi connectivity index (χ2v) is 5.71. The molecule has 0 spiro atoms. The van der Waals surface area contributed by atoms with Crippen molar-refractivity contribution in [3.63, 3.8) is 0 Å². The molecule has 1 atom stereocenters. The normalized spacial score (nSPS) is 19.6. The van der Waals surface area contributed by atoms with Crippen LogP contribution in [0.5, 0.6) is 0 Å². The van der Waals surface area contributed by atoms with Crippen LogP contribution in [0.3, 0.4) is 0 Å². The first-order valence-electron chi connectivity index (χ1n) is 7.43. The monoisotopic (exact) mass is 278 g/mol. The number of rotatable bonds is 6. The number of nitrogen functional groups attached to an aromatic ring is 1. The van der Waals surface area contributed by atoms with Crippen LogP contribution in [0.4, 0.5) is 11.6 Å². The summed E-state index contributed by atoms with van der Waals surface area (Å²) < 4.78 is 0. The fraction of sp³-hybridized carbons (Fsp3) is 0.714. The molecule has 1 aliphatic heterocycles. The Labute approximate surface area is 121 Å². The van der Waals surface area contributed by atoms with E-state index in [1.54, 1.807) is 6.33 Å². The summed E-state index contributed by atoms with van der Waals surface area (Å²) in [4.78, 5) is 11.1. The number of anilines is 2. The Bertz CT molecular complexity index is 434. The fourth-order valence-corrected chi connectivity index (χ4v) is 2.81. The van der Waals surface area contributed by atoms with Gasteiger partial charge in [0.25, 0.3) is 0 Å². The van der Waals surface area contributed by atoms with Gasteiger partial charge in [0, 0.05) is 18.7 Å². The molecular formula is C14H26N6. The van der Waals surface area contributed by atoms with Crippen molar-refractivity contribution in [3.8, 4) is 0 Å². The minimum absolute atomic E-state index is 0.320. The number of aromatic nitrogens is 2. The third kappa shape index (κ3) is 3.37. The molecule has 0 bridgehead atoms. The average Bonchev–Trinajstić information content (AvgIpc) is 2.92. The number of nitrogens with one attached hydrogen (secondary N) is 2. The zero-order chi connectivity index (χ0) is 14.5. The molecular weight excluding hydrogens is 252 g/mol. The van der Waals surface area contributed by atoms with Crippen LogP contribution in [0.15, 0.2) is 6.33 Å². The number of nitrogens with zero attached hydrogens (tertiary/aromatic N) is 3. The van der Waals surface area contributed by atoms with Crippen molar-refractivity contribution in [1.29, 1.82) is 0 Å². The number of hydrazine groups is 1. The lowest BCUT2D eigenvalue weighted by atomic mass is 10.0. The van der Waals surface area contributed by atoms with Crippen molar-refractivity contribution in [2.75, 3.05) is 36.9 Å². The first-order chi connectivity index (χ1) is 9.65. The van der Waals surface area contributed by atoms with Gasteiger partial charge in [0.1, 0.15) is 18.0 Å². The Morgan fingerprint density at radius 1 is 1.40 bits per heavy atom. The summed E-state index contributed by atoms with van der Waals surface area (Å²) in [5, 5.41) is 3.48. The molecule has 2 heterocycles. The van der Waals surface area contributed by atoms with Crippen LogP contribution in [0, 0.1) is 5.92 Å². The molecule has 1 aromatic rings. The summed E-state index contributed by atoms with van der Waals surface area (Å²) in [7, 11) is 0. The van der Waals surface area contributed by atoms with Crippen molar-refractivity contribution < 1.29 is 0 Å². The van der Waals surface area contributed by atoms with E-state index < -0.39 is 0 Å². The molecule has 4 N–H and O–H groups in total. The van der Waals surface area contributed by atoms with E-state index in [1.165, 1.54) is 19.5 Å². The molecule has 0 saturated carbocycles. The van der Waals surface area contributed by atoms with Crippen molar-refractivity contribution in [2.24, 2.45) is 11.8 Å². The molecule has 6 heteroatoms. The Kier molecular flexibility index (Phi) is 5.14. The molecule has 0 radical (unpaired) electrons. The van der Waals surface area contributed by atoms with E-state index in [4.69, 9.17) is 5.84 Å². The van der Waals surface area contributed by atoms with E-state index in [0.717, 1.165) is 24.5 Å². The van der Waals surface area contributed by atoms with E-state index in [-0.39, 0.29) is 0 Å². The Morgan fingerprint density at radius 3 is 2.75 bits per heavy atom. The van der Waals surface area contributed by atoms with Crippen molar-refractivity contribution in [1.82, 2.24) is 14.9 Å². The maximum atomic E-state index is 5.54. The Hall–Kier alpha value is -1.40. The summed E-state index contributed by atoms with van der Waals surface area (Å²) in [5.74, 6) is 8.16. The SMILES string of the molecule is CCN1CCC(CNc2ncnc(NN)c2C(C)C)C1. The molecule has 112 valence electrons. The van der Waals surface area contributed by atoms with E-state index in [2.05, 4.69) is 46.4 Å². The van der Waals surface area contributed by atoms with Crippen LogP contribution < -0.4 is 16.6 Å². The number of nitrogens with two attached hydrogens (primary N) is 1. The highest BCUT2D eigenvalue weighted by atomic mass is 15.3. The maximum Gasteiger partial charge on any atom is 0.148 e. The third-order valence-electron chi connectivity index (χ3n) is 3.97. The van der Waals surface area contributed by atoms with E-state index in [1.807, 2.05) is 0 Å². The molecule has 0 amide bonds. The topological polar surface area (TPSA) is 79.1 Å². The maximum absolute atomic E-state index is 5.54. The van der Waals surface area contributed by atoms with Gasteiger partial charge < -0.3 is 15.6 Å². The van der Waals surface area contributed by atoms with Gasteiger partial charge in [-0.25, -0.2) is 15.8 Å². The summed E-state index contributed by atoms with van der Waals surface area (Å²) >= 11 is 0. The predicted octanol–water partition coefficient (Wildman–Crippen LogP) is 1.64. The summed E-state index contributed by atoms with van der Waals surface area (Å²) in [6.07, 6.45) is 2.81. The number of hydrogen-bond acceptors (Lipinski definition) is 6. The first kappa shape index (κ1) is 15.0. The average molecular weight is 278 g/mol. The number of likely N-dealkylation sites (tertiary alicyclic amines) is 1. The zero-order valence-electron chi connectivity index (χ0n) is 12.7. The minimum atomic E-state index is 0.320. The van der Waals surface area contributed by atoms with Crippen LogP contribution in [-0.2, 0) is 0 Å². The zero-order valence-corrected chi connectivity index (χ0v) is 12.7. The molecule has 0 aromatic carbocycles. The molecule has 1 unspecified atom stereocenters. The summed E-state index contributed by atoms with van der Waals surface area (Å²) in [6.45, 7) is 10.9. The van der Waals surface area contributed by atoms with E-state index in [9.17, 15) is 0 Å². The molecule has 1 aliphatic rings. The van der Waals surface area contributed by atoms with Gasteiger partial charge in [0.2, 0.25) is 0 Å². The van der Waals surface area contributed by atoms with Crippen molar-refractivity contribution >= 4 is 11.6 Å². The second-order valence-electron chi connectivity index (χ2n) is 5.71. The largest absolute Gasteiger partial charge is 0.369 e. The summed E-state index contributed by atoms with van der Waals surface area (Å²) in [5.41, 5.74) is 3.72. The molecule has 6 nitrogen and oxygen atoms in total. The molecule has 1 fully saturated rings. The van der Waals surface area contributed by atoms with Crippen LogP contribution in [0.25, 0.3) is 0 Å². The molecule has 2 rings (SSSR count). The summed E-state index contributed by atoms with van der Waals surface area (Å²) in [6, 6.07) is 0. The van der Waals surface area contributed by atoms with Gasteiger partial charge in [-0.1, -0.05) is 20.8 Å². The number of hydrogen-bond donors (Lipinski definition) is 3. The van der Waals surface area contributed by atoms with Gasteiger partial charge in [0.05, 0.1) is 0 Å². The Balaban J connectivity index is 2.02. The highest BCUT2D eigenvalue weighted by molar-refractivity contribution is 5.58. The first-order valence-corrected chi connectivity index (χ1v) is 7.43. The van der Waals surface area contributed by atoms with Gasteiger partial charge in [0.15, 0.2) is 0 Å². The lowest BCUT2D eigenvalue weighted by molar-refractivity contribution is 0.345. The van der Waals surface area contributed by atoms with Crippen molar-refractivity contribution in [3.05, 3.63) is 11.9 Å². The van der Waals surface area contributed by atoms with Gasteiger partial charge in [-0.05, 0) is 31.3 Å². The predicted molar refractivity (Wildman–Crippen MR) is 82.6 cm³/mol. The third-order valence-corrected chi connectivity index (χ3v) is 3.97. The van der Waals surface area contributed by atoms with Crippen LogP contribution >= 0.6 is 0 Å². The van der Waals surface area contributed by atoms with Crippen molar-refractivity contribution in [2.45, 2.75) is 33.1 Å².